The molecule has 4 aromatic rings. The minimum absolute atomic E-state index is 0.0519. The van der Waals surface area contributed by atoms with Crippen LogP contribution in [0.4, 0.5) is 27.6 Å². The van der Waals surface area contributed by atoms with Crippen LogP contribution in [0.15, 0.2) is 85.1 Å². The van der Waals surface area contributed by atoms with Gasteiger partial charge in [-0.25, -0.2) is 23.5 Å². The number of carboxylic acids is 1. The lowest BCUT2D eigenvalue weighted by molar-refractivity contribution is -0.122. The number of alkyl halides is 3. The second-order valence-corrected chi connectivity index (χ2v) is 7.59. The highest BCUT2D eigenvalue weighted by Crippen LogP contribution is 2.36. The van der Waals surface area contributed by atoms with Gasteiger partial charge in [0.15, 0.2) is 0 Å². The Labute approximate surface area is 206 Å². The van der Waals surface area contributed by atoms with Crippen LogP contribution in [0.25, 0.3) is 11.1 Å². The van der Waals surface area contributed by atoms with Gasteiger partial charge in [0, 0.05) is 0 Å². The lowest BCUT2D eigenvalue weighted by atomic mass is 10.0. The molecule has 0 aliphatic carbocycles. The zero-order valence-corrected chi connectivity index (χ0v) is 18.5. The number of carboxylic acid groups (broad SMARTS) is 1. The van der Waals surface area contributed by atoms with Crippen LogP contribution in [-0.4, -0.2) is 28.3 Å². The third kappa shape index (κ3) is 5.72. The number of nitrogens with zero attached hydrogens (tertiary/aromatic N) is 2. The van der Waals surface area contributed by atoms with Gasteiger partial charge in [-0.15, -0.1) is 13.2 Å². The number of pyridine rings is 1. The van der Waals surface area contributed by atoms with E-state index in [1.54, 1.807) is 0 Å². The predicted octanol–water partition coefficient (Wildman–Crippen LogP) is 6.68. The molecule has 0 saturated heterocycles. The second kappa shape index (κ2) is 10.1. The van der Waals surface area contributed by atoms with Crippen molar-refractivity contribution in [1.29, 1.82) is 0 Å². The Kier molecular flexibility index (Phi) is 6.87. The summed E-state index contributed by atoms with van der Waals surface area (Å²) in [4.78, 5) is 27.4. The first kappa shape index (κ1) is 25.3. The third-order valence-corrected chi connectivity index (χ3v) is 5.11. The SMILES string of the molecule is O=C(O)c1ccc(N(C(=O)c2cc(-c3ccc(F)cc3)ccc2Oc2ccc(F)cc2)C(F)(F)F)cn1. The van der Waals surface area contributed by atoms with Crippen molar-refractivity contribution in [2.24, 2.45) is 0 Å². The van der Waals surface area contributed by atoms with E-state index in [-0.39, 0.29) is 17.1 Å². The monoisotopic (exact) mass is 514 g/mol. The van der Waals surface area contributed by atoms with Crippen molar-refractivity contribution in [3.05, 3.63) is 108 Å². The van der Waals surface area contributed by atoms with E-state index in [0.29, 0.717) is 11.8 Å². The maximum Gasteiger partial charge on any atom is 0.491 e. The number of benzene rings is 3. The van der Waals surface area contributed by atoms with Gasteiger partial charge in [0.2, 0.25) is 0 Å². The Balaban J connectivity index is 1.83. The summed E-state index contributed by atoms with van der Waals surface area (Å²) < 4.78 is 74.6. The number of hydrogen-bond acceptors (Lipinski definition) is 4. The van der Waals surface area contributed by atoms with E-state index in [4.69, 9.17) is 9.84 Å². The molecule has 1 heterocycles. The van der Waals surface area contributed by atoms with E-state index in [1.165, 1.54) is 36.4 Å². The van der Waals surface area contributed by atoms with Crippen LogP contribution in [0.5, 0.6) is 11.5 Å². The molecule has 37 heavy (non-hydrogen) atoms. The summed E-state index contributed by atoms with van der Waals surface area (Å²) >= 11 is 0. The zero-order valence-electron chi connectivity index (χ0n) is 18.5. The van der Waals surface area contributed by atoms with Gasteiger partial charge in [0.25, 0.3) is 5.91 Å². The number of halogens is 5. The number of hydrogen-bond donors (Lipinski definition) is 1. The Hall–Kier alpha value is -4.80. The zero-order chi connectivity index (χ0) is 26.7. The minimum atomic E-state index is -5.23. The van der Waals surface area contributed by atoms with Crippen molar-refractivity contribution in [2.75, 3.05) is 4.90 Å². The summed E-state index contributed by atoms with van der Waals surface area (Å²) in [5.41, 5.74) is -1.07. The van der Waals surface area contributed by atoms with Crippen LogP contribution in [-0.2, 0) is 0 Å². The molecule has 1 amide bonds. The summed E-state index contributed by atoms with van der Waals surface area (Å²) in [6, 6.07) is 15.2. The fraction of sp³-hybridized carbons (Fsp3) is 0.0385. The highest BCUT2D eigenvalue weighted by atomic mass is 19.4. The number of rotatable bonds is 6. The second-order valence-electron chi connectivity index (χ2n) is 7.59. The molecule has 0 saturated carbocycles. The summed E-state index contributed by atoms with van der Waals surface area (Å²) in [7, 11) is 0. The summed E-state index contributed by atoms with van der Waals surface area (Å²) in [5.74, 6) is -4.34. The van der Waals surface area contributed by atoms with Crippen molar-refractivity contribution >= 4 is 17.6 Å². The Bertz CT molecular complexity index is 1440. The van der Waals surface area contributed by atoms with Crippen molar-refractivity contribution in [3.8, 4) is 22.6 Å². The first-order chi connectivity index (χ1) is 17.5. The summed E-state index contributed by atoms with van der Waals surface area (Å²) in [6.45, 7) is 0. The smallest absolute Gasteiger partial charge is 0.477 e. The van der Waals surface area contributed by atoms with E-state index in [1.807, 2.05) is 0 Å². The van der Waals surface area contributed by atoms with Crippen molar-refractivity contribution in [1.82, 2.24) is 4.98 Å². The average Bonchev–Trinajstić information content (AvgIpc) is 2.85. The number of amides is 1. The van der Waals surface area contributed by atoms with Gasteiger partial charge in [0.05, 0.1) is 17.4 Å². The fourth-order valence-electron chi connectivity index (χ4n) is 3.38. The third-order valence-electron chi connectivity index (χ3n) is 5.11. The number of anilines is 1. The summed E-state index contributed by atoms with van der Waals surface area (Å²) in [5, 5.41) is 8.98. The van der Waals surface area contributed by atoms with Crippen LogP contribution >= 0.6 is 0 Å². The predicted molar refractivity (Wildman–Crippen MR) is 122 cm³/mol. The van der Waals surface area contributed by atoms with E-state index < -0.39 is 51.7 Å². The normalized spacial score (nSPS) is 11.2. The molecule has 0 atom stereocenters. The van der Waals surface area contributed by atoms with Gasteiger partial charge in [-0.3, -0.25) is 4.79 Å². The molecular weight excluding hydrogens is 499 g/mol. The molecule has 188 valence electrons. The highest BCUT2D eigenvalue weighted by molar-refractivity contribution is 6.09. The number of aromatic carboxylic acids is 1. The molecule has 1 N–H and O–H groups in total. The topological polar surface area (TPSA) is 79.7 Å². The maximum atomic E-state index is 14.1. The highest BCUT2D eigenvalue weighted by Gasteiger charge is 2.44. The van der Waals surface area contributed by atoms with Crippen molar-refractivity contribution in [2.45, 2.75) is 6.30 Å². The van der Waals surface area contributed by atoms with Gasteiger partial charge in [-0.1, -0.05) is 18.2 Å². The van der Waals surface area contributed by atoms with Gasteiger partial charge in [0.1, 0.15) is 28.8 Å². The molecule has 0 aliphatic heterocycles. The summed E-state index contributed by atoms with van der Waals surface area (Å²) in [6.07, 6.45) is -4.62. The molecule has 11 heteroatoms. The van der Waals surface area contributed by atoms with Gasteiger partial charge in [-0.05, 0) is 71.8 Å². The molecule has 0 spiro atoms. The molecule has 4 rings (SSSR count). The standard InChI is InChI=1S/C26H15F5N2O4/c27-17-4-1-15(2-5-17)16-3-12-23(37-20-9-6-18(28)7-10-20)21(13-16)24(34)33(26(29,30)31)19-8-11-22(25(35)36)32-14-19/h1-14H,(H,35,36). The van der Waals surface area contributed by atoms with Gasteiger partial charge >= 0.3 is 12.3 Å². The fourth-order valence-corrected chi connectivity index (χ4v) is 3.38. The Morgan fingerprint density at radius 1 is 0.811 bits per heavy atom. The molecule has 1 aromatic heterocycles. The van der Waals surface area contributed by atoms with Gasteiger partial charge < -0.3 is 9.84 Å². The lowest BCUT2D eigenvalue weighted by Crippen LogP contribution is -2.43. The Morgan fingerprint density at radius 3 is 1.95 bits per heavy atom. The number of carbonyl (C=O) groups excluding carboxylic acids is 1. The molecule has 0 aliphatic rings. The van der Waals surface area contributed by atoms with Crippen LogP contribution in [0.1, 0.15) is 20.8 Å². The van der Waals surface area contributed by atoms with Crippen LogP contribution < -0.4 is 9.64 Å². The van der Waals surface area contributed by atoms with Gasteiger partial charge in [-0.2, -0.15) is 0 Å². The van der Waals surface area contributed by atoms with Crippen molar-refractivity contribution in [3.63, 3.8) is 0 Å². The molecular formula is C26H15F5N2O4. The minimum Gasteiger partial charge on any atom is -0.477 e. The first-order valence-corrected chi connectivity index (χ1v) is 10.5. The van der Waals surface area contributed by atoms with E-state index in [0.717, 1.165) is 42.5 Å². The largest absolute Gasteiger partial charge is 0.491 e. The molecule has 0 unspecified atom stereocenters. The van der Waals surface area contributed by atoms with E-state index >= 15 is 0 Å². The molecule has 0 bridgehead atoms. The lowest BCUT2D eigenvalue weighted by Gasteiger charge is -2.26. The Morgan fingerprint density at radius 2 is 1.41 bits per heavy atom. The van der Waals surface area contributed by atoms with Crippen LogP contribution in [0, 0.1) is 11.6 Å². The molecule has 6 nitrogen and oxygen atoms in total. The molecule has 3 aromatic carbocycles. The van der Waals surface area contributed by atoms with Crippen LogP contribution in [0.2, 0.25) is 0 Å². The number of ether oxygens (including phenoxy) is 1. The van der Waals surface area contributed by atoms with Crippen molar-refractivity contribution < 1.29 is 41.4 Å². The first-order valence-electron chi connectivity index (χ1n) is 10.5. The maximum absolute atomic E-state index is 14.1. The number of aromatic nitrogens is 1. The van der Waals surface area contributed by atoms with Crippen LogP contribution in [0.3, 0.4) is 0 Å². The van der Waals surface area contributed by atoms with E-state index in [2.05, 4.69) is 4.98 Å². The average molecular weight is 514 g/mol. The molecule has 0 radical (unpaired) electrons. The molecule has 0 fully saturated rings. The number of carbonyl (C=O) groups is 2. The van der Waals surface area contributed by atoms with E-state index in [9.17, 15) is 31.5 Å². The quantitative estimate of drug-likeness (QED) is 0.229.